The fourth-order valence-corrected chi connectivity index (χ4v) is 1.64. The summed E-state index contributed by atoms with van der Waals surface area (Å²) in [7, 11) is 0. The third-order valence-electron chi connectivity index (χ3n) is 2.84. The Hall–Kier alpha value is -1.23. The zero-order chi connectivity index (χ0) is 12.3. The third-order valence-corrected chi connectivity index (χ3v) is 2.84. The van der Waals surface area contributed by atoms with Crippen LogP contribution in [0.25, 0.3) is 0 Å². The predicted octanol–water partition coefficient (Wildman–Crippen LogP) is 2.69. The number of alkyl halides is 3. The molecular weight excluding hydrogens is 231 g/mol. The smallest absolute Gasteiger partial charge is 0.416 e. The number of hydrogen-bond acceptors (Lipinski definition) is 2. The second-order valence-electron chi connectivity index (χ2n) is 4.18. The topological polar surface area (TPSA) is 21.3 Å². The van der Waals surface area contributed by atoms with Gasteiger partial charge in [-0.15, -0.1) is 0 Å². The first-order chi connectivity index (χ1) is 8.05. The SMILES string of the molecule is FC(F)(F)c1ccc(OCCC2CNC2)cc1. The summed E-state index contributed by atoms with van der Waals surface area (Å²) >= 11 is 0. The van der Waals surface area contributed by atoms with E-state index in [-0.39, 0.29) is 0 Å². The highest BCUT2D eigenvalue weighted by Crippen LogP contribution is 2.30. The molecule has 5 heteroatoms. The van der Waals surface area contributed by atoms with Crippen molar-refractivity contribution >= 4 is 0 Å². The molecule has 0 unspecified atom stereocenters. The highest BCUT2D eigenvalue weighted by atomic mass is 19.4. The molecule has 0 spiro atoms. The van der Waals surface area contributed by atoms with Crippen LogP contribution in [0, 0.1) is 5.92 Å². The van der Waals surface area contributed by atoms with Crippen LogP contribution in [0.15, 0.2) is 24.3 Å². The van der Waals surface area contributed by atoms with Gasteiger partial charge < -0.3 is 10.1 Å². The van der Waals surface area contributed by atoms with Gasteiger partial charge in [0.25, 0.3) is 0 Å². The summed E-state index contributed by atoms with van der Waals surface area (Å²) in [6.07, 6.45) is -3.34. The maximum absolute atomic E-state index is 12.3. The van der Waals surface area contributed by atoms with Crippen LogP contribution in [0.1, 0.15) is 12.0 Å². The van der Waals surface area contributed by atoms with Crippen molar-refractivity contribution in [3.63, 3.8) is 0 Å². The van der Waals surface area contributed by atoms with Crippen LogP contribution < -0.4 is 10.1 Å². The van der Waals surface area contributed by atoms with E-state index in [1.807, 2.05) is 0 Å². The number of hydrogen-bond donors (Lipinski definition) is 1. The van der Waals surface area contributed by atoms with Gasteiger partial charge in [0, 0.05) is 0 Å². The molecule has 1 aromatic carbocycles. The lowest BCUT2D eigenvalue weighted by molar-refractivity contribution is -0.137. The van der Waals surface area contributed by atoms with Gasteiger partial charge in [0.05, 0.1) is 12.2 Å². The van der Waals surface area contributed by atoms with Crippen LogP contribution >= 0.6 is 0 Å². The van der Waals surface area contributed by atoms with Crippen LogP contribution in [0.5, 0.6) is 5.75 Å². The molecule has 0 saturated carbocycles. The molecule has 2 nitrogen and oxygen atoms in total. The molecule has 0 atom stereocenters. The van der Waals surface area contributed by atoms with Gasteiger partial charge in [0.15, 0.2) is 0 Å². The molecule has 94 valence electrons. The van der Waals surface area contributed by atoms with E-state index >= 15 is 0 Å². The minimum Gasteiger partial charge on any atom is -0.494 e. The van der Waals surface area contributed by atoms with Gasteiger partial charge in [0.1, 0.15) is 5.75 Å². The Morgan fingerprint density at radius 1 is 1.18 bits per heavy atom. The second-order valence-corrected chi connectivity index (χ2v) is 4.18. The van der Waals surface area contributed by atoms with E-state index in [2.05, 4.69) is 5.32 Å². The first kappa shape index (κ1) is 12.2. The van der Waals surface area contributed by atoms with Crippen LogP contribution in [-0.2, 0) is 6.18 Å². The zero-order valence-corrected chi connectivity index (χ0v) is 9.26. The standard InChI is InChI=1S/C12H14F3NO/c13-12(14,15)10-1-3-11(4-2-10)17-6-5-9-7-16-8-9/h1-4,9,16H,5-8H2. The number of halogens is 3. The minimum atomic E-state index is -4.28. The third kappa shape index (κ3) is 3.36. The Labute approximate surface area is 97.8 Å². The lowest BCUT2D eigenvalue weighted by atomic mass is 10.0. The maximum Gasteiger partial charge on any atom is 0.416 e. The summed E-state index contributed by atoms with van der Waals surface area (Å²) in [6.45, 7) is 2.57. The summed E-state index contributed by atoms with van der Waals surface area (Å²) < 4.78 is 42.2. The lowest BCUT2D eigenvalue weighted by Crippen LogP contribution is -2.42. The van der Waals surface area contributed by atoms with Crippen molar-refractivity contribution in [1.82, 2.24) is 5.32 Å². The van der Waals surface area contributed by atoms with E-state index in [0.29, 0.717) is 18.3 Å². The van der Waals surface area contributed by atoms with Gasteiger partial charge >= 0.3 is 6.18 Å². The van der Waals surface area contributed by atoms with Gasteiger partial charge in [-0.3, -0.25) is 0 Å². The van der Waals surface area contributed by atoms with Crippen LogP contribution in [0.4, 0.5) is 13.2 Å². The van der Waals surface area contributed by atoms with Gasteiger partial charge in [-0.2, -0.15) is 13.2 Å². The number of rotatable bonds is 4. The summed E-state index contributed by atoms with van der Waals surface area (Å²) in [5.41, 5.74) is -0.645. The molecule has 0 amide bonds. The summed E-state index contributed by atoms with van der Waals surface area (Å²) in [5.74, 6) is 1.13. The Kier molecular flexibility index (Phi) is 3.57. The summed E-state index contributed by atoms with van der Waals surface area (Å²) in [6, 6.07) is 4.81. The van der Waals surface area contributed by atoms with Crippen molar-refractivity contribution in [2.24, 2.45) is 5.92 Å². The fourth-order valence-electron chi connectivity index (χ4n) is 1.64. The van der Waals surface area contributed by atoms with Crippen molar-refractivity contribution in [3.8, 4) is 5.75 Å². The maximum atomic E-state index is 12.3. The molecular formula is C12H14F3NO. The molecule has 1 heterocycles. The summed E-state index contributed by atoms with van der Waals surface area (Å²) in [5, 5.41) is 3.15. The molecule has 0 aromatic heterocycles. The Morgan fingerprint density at radius 2 is 1.82 bits per heavy atom. The van der Waals surface area contributed by atoms with Crippen LogP contribution in [0.3, 0.4) is 0 Å². The Balaban J connectivity index is 1.81. The fraction of sp³-hybridized carbons (Fsp3) is 0.500. The average molecular weight is 245 g/mol. The summed E-state index contributed by atoms with van der Waals surface area (Å²) in [4.78, 5) is 0. The largest absolute Gasteiger partial charge is 0.494 e. The molecule has 2 rings (SSSR count). The monoisotopic (exact) mass is 245 g/mol. The van der Waals surface area contributed by atoms with Gasteiger partial charge in [0.2, 0.25) is 0 Å². The molecule has 1 aromatic rings. The highest BCUT2D eigenvalue weighted by Gasteiger charge is 2.30. The molecule has 1 aliphatic heterocycles. The molecule has 17 heavy (non-hydrogen) atoms. The molecule has 0 aliphatic carbocycles. The average Bonchev–Trinajstić information content (AvgIpc) is 2.21. The van der Waals surface area contributed by atoms with Gasteiger partial charge in [-0.05, 0) is 49.7 Å². The molecule has 1 fully saturated rings. The van der Waals surface area contributed by atoms with E-state index in [1.54, 1.807) is 0 Å². The number of ether oxygens (including phenoxy) is 1. The number of benzene rings is 1. The van der Waals surface area contributed by atoms with Crippen LogP contribution in [0.2, 0.25) is 0 Å². The van der Waals surface area contributed by atoms with E-state index in [1.165, 1.54) is 12.1 Å². The van der Waals surface area contributed by atoms with Crippen molar-refractivity contribution in [2.45, 2.75) is 12.6 Å². The molecule has 1 aliphatic rings. The highest BCUT2D eigenvalue weighted by molar-refractivity contribution is 5.28. The van der Waals surface area contributed by atoms with E-state index < -0.39 is 11.7 Å². The van der Waals surface area contributed by atoms with Crippen LogP contribution in [-0.4, -0.2) is 19.7 Å². The first-order valence-corrected chi connectivity index (χ1v) is 5.56. The molecule has 1 saturated heterocycles. The first-order valence-electron chi connectivity index (χ1n) is 5.56. The minimum absolute atomic E-state index is 0.491. The zero-order valence-electron chi connectivity index (χ0n) is 9.26. The normalized spacial score (nSPS) is 16.6. The van der Waals surface area contributed by atoms with Crippen molar-refractivity contribution < 1.29 is 17.9 Å². The van der Waals surface area contributed by atoms with Crippen molar-refractivity contribution in [1.29, 1.82) is 0 Å². The second kappa shape index (κ2) is 4.96. The molecule has 0 bridgehead atoms. The van der Waals surface area contributed by atoms with E-state index in [0.717, 1.165) is 31.6 Å². The lowest BCUT2D eigenvalue weighted by Gasteiger charge is -2.26. The Bertz CT molecular complexity index is 357. The quantitative estimate of drug-likeness (QED) is 0.880. The van der Waals surface area contributed by atoms with Crippen molar-refractivity contribution in [3.05, 3.63) is 29.8 Å². The Morgan fingerprint density at radius 3 is 2.29 bits per heavy atom. The molecule has 1 N–H and O–H groups in total. The van der Waals surface area contributed by atoms with Gasteiger partial charge in [-0.1, -0.05) is 0 Å². The van der Waals surface area contributed by atoms with E-state index in [9.17, 15) is 13.2 Å². The molecule has 0 radical (unpaired) electrons. The van der Waals surface area contributed by atoms with Gasteiger partial charge in [-0.25, -0.2) is 0 Å². The van der Waals surface area contributed by atoms with E-state index in [4.69, 9.17) is 4.74 Å². The number of nitrogens with one attached hydrogen (secondary N) is 1. The van der Waals surface area contributed by atoms with Crippen molar-refractivity contribution in [2.75, 3.05) is 19.7 Å². The predicted molar refractivity (Wildman–Crippen MR) is 57.9 cm³/mol.